The van der Waals surface area contributed by atoms with Crippen molar-refractivity contribution in [1.82, 2.24) is 10.2 Å². The normalized spacial score (nSPS) is 14.2. The maximum atomic E-state index is 14.5. The van der Waals surface area contributed by atoms with Gasteiger partial charge < -0.3 is 24.4 Å². The van der Waals surface area contributed by atoms with Crippen LogP contribution in [0, 0.1) is 0 Å². The van der Waals surface area contributed by atoms with E-state index in [1.807, 2.05) is 6.92 Å². The molecule has 0 bridgehead atoms. The van der Waals surface area contributed by atoms with Crippen LogP contribution >= 0.6 is 23.2 Å². The Morgan fingerprint density at radius 3 is 2.09 bits per heavy atom. The van der Waals surface area contributed by atoms with E-state index in [0.717, 1.165) is 42.0 Å². The van der Waals surface area contributed by atoms with Crippen molar-refractivity contribution in [3.63, 3.8) is 0 Å². The van der Waals surface area contributed by atoms with Gasteiger partial charge in [-0.1, -0.05) is 61.5 Å². The van der Waals surface area contributed by atoms with Gasteiger partial charge in [0.15, 0.2) is 11.5 Å². The second-order valence-electron chi connectivity index (χ2n) is 11.3. The average Bonchev–Trinajstić information content (AvgIpc) is 3.07. The summed E-state index contributed by atoms with van der Waals surface area (Å²) in [5, 5.41) is 3.90. The van der Waals surface area contributed by atoms with Crippen LogP contribution in [0.1, 0.15) is 51.0 Å². The average molecular weight is 707 g/mol. The summed E-state index contributed by atoms with van der Waals surface area (Å²) in [5.41, 5.74) is 0.774. The Kier molecular flexibility index (Phi) is 12.6. The van der Waals surface area contributed by atoms with E-state index in [2.05, 4.69) is 5.32 Å². The van der Waals surface area contributed by atoms with Gasteiger partial charge in [0.2, 0.25) is 11.8 Å². The maximum absolute atomic E-state index is 14.5. The van der Waals surface area contributed by atoms with Gasteiger partial charge in [-0.15, -0.1) is 0 Å². The van der Waals surface area contributed by atoms with Gasteiger partial charge in [-0.2, -0.15) is 0 Å². The topological polar surface area (TPSA) is 114 Å². The molecular formula is C34H41Cl2N3O7S. The third kappa shape index (κ3) is 8.82. The van der Waals surface area contributed by atoms with Gasteiger partial charge in [0, 0.05) is 28.7 Å². The molecule has 1 aliphatic rings. The lowest BCUT2D eigenvalue weighted by Gasteiger charge is -2.34. The molecule has 2 amide bonds. The SMILES string of the molecule is CC[C@H](C(=O)NC1CCCCC1)N(Cc1ccc(Cl)cc1)C(=O)CN(c1cc(Cl)ccc1OC)S(=O)(=O)c1ccc(OC)c(OC)c1. The Hall–Kier alpha value is -3.67. The Morgan fingerprint density at radius 2 is 1.47 bits per heavy atom. The van der Waals surface area contributed by atoms with Gasteiger partial charge in [0.05, 0.1) is 31.9 Å². The number of amides is 2. The van der Waals surface area contributed by atoms with Crippen LogP contribution in [0.25, 0.3) is 0 Å². The minimum atomic E-state index is -4.45. The number of halogens is 2. The molecule has 0 spiro atoms. The number of anilines is 1. The number of rotatable bonds is 14. The van der Waals surface area contributed by atoms with Crippen LogP contribution < -0.4 is 23.8 Å². The number of ether oxygens (including phenoxy) is 3. The number of benzene rings is 3. The molecule has 0 radical (unpaired) electrons. The van der Waals surface area contributed by atoms with Crippen LogP contribution in [-0.4, -0.2) is 65.1 Å². The summed E-state index contributed by atoms with van der Waals surface area (Å²) >= 11 is 12.5. The second-order valence-corrected chi connectivity index (χ2v) is 14.0. The third-order valence-corrected chi connectivity index (χ3v) is 10.5. The zero-order valence-electron chi connectivity index (χ0n) is 27.0. The summed E-state index contributed by atoms with van der Waals surface area (Å²) in [6.45, 7) is 1.21. The maximum Gasteiger partial charge on any atom is 0.265 e. The van der Waals surface area contributed by atoms with Gasteiger partial charge in [0.25, 0.3) is 10.0 Å². The highest BCUT2D eigenvalue weighted by molar-refractivity contribution is 7.92. The van der Waals surface area contributed by atoms with Crippen molar-refractivity contribution in [3.8, 4) is 17.2 Å². The lowest BCUT2D eigenvalue weighted by atomic mass is 9.95. The van der Waals surface area contributed by atoms with E-state index in [0.29, 0.717) is 17.2 Å². The fraction of sp³-hybridized carbons (Fsp3) is 0.412. The molecule has 0 unspecified atom stereocenters. The number of sulfonamides is 1. The Balaban J connectivity index is 1.79. The first-order valence-electron chi connectivity index (χ1n) is 15.4. The molecule has 0 heterocycles. The van der Waals surface area contributed by atoms with E-state index in [1.54, 1.807) is 30.3 Å². The minimum Gasteiger partial charge on any atom is -0.495 e. The summed E-state index contributed by atoms with van der Waals surface area (Å²) in [6.07, 6.45) is 5.24. The lowest BCUT2D eigenvalue weighted by molar-refractivity contribution is -0.140. The zero-order valence-corrected chi connectivity index (χ0v) is 29.3. The van der Waals surface area contributed by atoms with Crippen molar-refractivity contribution in [2.24, 2.45) is 0 Å². The van der Waals surface area contributed by atoms with Crippen LogP contribution in [0.4, 0.5) is 5.69 Å². The van der Waals surface area contributed by atoms with Gasteiger partial charge >= 0.3 is 0 Å². The van der Waals surface area contributed by atoms with Crippen LogP contribution in [-0.2, 0) is 26.2 Å². The molecule has 1 atom stereocenters. The van der Waals surface area contributed by atoms with Gasteiger partial charge in [-0.05, 0) is 67.3 Å². The first-order chi connectivity index (χ1) is 22.5. The van der Waals surface area contributed by atoms with E-state index in [4.69, 9.17) is 37.4 Å². The molecular weight excluding hydrogens is 665 g/mol. The molecule has 1 aliphatic carbocycles. The number of nitrogens with zero attached hydrogens (tertiary/aromatic N) is 2. The largest absolute Gasteiger partial charge is 0.495 e. The quantitative estimate of drug-likeness (QED) is 0.204. The van der Waals surface area contributed by atoms with Crippen LogP contribution in [0.3, 0.4) is 0 Å². The lowest BCUT2D eigenvalue weighted by Crippen LogP contribution is -2.54. The van der Waals surface area contributed by atoms with Crippen molar-refractivity contribution in [2.45, 2.75) is 69.0 Å². The van der Waals surface area contributed by atoms with Crippen molar-refractivity contribution in [3.05, 3.63) is 76.3 Å². The first kappa shape index (κ1) is 36.2. The highest BCUT2D eigenvalue weighted by Crippen LogP contribution is 2.37. The summed E-state index contributed by atoms with van der Waals surface area (Å²) in [5.74, 6) is -0.184. The smallest absolute Gasteiger partial charge is 0.265 e. The molecule has 1 fully saturated rings. The Bertz CT molecular complexity index is 1650. The fourth-order valence-corrected chi connectivity index (χ4v) is 7.45. The van der Waals surface area contributed by atoms with E-state index in [1.165, 1.54) is 56.6 Å². The molecule has 3 aromatic rings. The number of carbonyl (C=O) groups excluding carboxylic acids is 2. The molecule has 254 valence electrons. The van der Waals surface area contributed by atoms with Crippen molar-refractivity contribution in [2.75, 3.05) is 32.2 Å². The summed E-state index contributed by atoms with van der Waals surface area (Å²) in [6, 6.07) is 14.8. The summed E-state index contributed by atoms with van der Waals surface area (Å²) < 4.78 is 46.0. The molecule has 0 saturated heterocycles. The molecule has 10 nitrogen and oxygen atoms in total. The highest BCUT2D eigenvalue weighted by atomic mass is 35.5. The number of nitrogens with one attached hydrogen (secondary N) is 1. The van der Waals surface area contributed by atoms with Gasteiger partial charge in [-0.25, -0.2) is 8.42 Å². The number of hydrogen-bond acceptors (Lipinski definition) is 7. The zero-order chi connectivity index (χ0) is 34.1. The second kappa shape index (κ2) is 16.4. The Morgan fingerprint density at radius 1 is 0.851 bits per heavy atom. The monoisotopic (exact) mass is 705 g/mol. The molecule has 47 heavy (non-hydrogen) atoms. The predicted octanol–water partition coefficient (Wildman–Crippen LogP) is 6.47. The molecule has 4 rings (SSSR count). The van der Waals surface area contributed by atoms with Gasteiger partial charge in [0.1, 0.15) is 18.3 Å². The van der Waals surface area contributed by atoms with Crippen molar-refractivity contribution in [1.29, 1.82) is 0 Å². The summed E-state index contributed by atoms with van der Waals surface area (Å²) in [4.78, 5) is 29.5. The van der Waals surface area contributed by atoms with Gasteiger partial charge in [-0.3, -0.25) is 13.9 Å². The fourth-order valence-electron chi connectivity index (χ4n) is 5.73. The molecule has 1 N–H and O–H groups in total. The van der Waals surface area contributed by atoms with E-state index in [-0.39, 0.29) is 45.6 Å². The van der Waals surface area contributed by atoms with Crippen LogP contribution in [0.15, 0.2) is 65.6 Å². The van der Waals surface area contributed by atoms with E-state index in [9.17, 15) is 18.0 Å². The molecule has 0 aliphatic heterocycles. The number of methoxy groups -OCH3 is 3. The minimum absolute atomic E-state index is 0.0236. The predicted molar refractivity (Wildman–Crippen MR) is 183 cm³/mol. The van der Waals surface area contributed by atoms with Crippen molar-refractivity contribution >= 4 is 50.7 Å². The summed E-state index contributed by atoms with van der Waals surface area (Å²) in [7, 11) is -0.217. The third-order valence-electron chi connectivity index (χ3n) is 8.24. The number of hydrogen-bond donors (Lipinski definition) is 1. The Labute approximate surface area is 286 Å². The number of carbonyl (C=O) groups is 2. The molecule has 3 aromatic carbocycles. The molecule has 13 heteroatoms. The highest BCUT2D eigenvalue weighted by Gasteiger charge is 2.36. The van der Waals surface area contributed by atoms with Crippen LogP contribution in [0.5, 0.6) is 17.2 Å². The standard InChI is InChI=1S/C34H41Cl2N3O7S/c1-5-28(34(41)37-26-9-7-6-8-10-26)38(21-23-11-13-24(35)14-12-23)33(40)22-39(29-19-25(36)15-17-30(29)44-2)47(42,43)27-16-18-31(45-3)32(20-27)46-4/h11-20,26,28H,5-10,21-22H2,1-4H3,(H,37,41)/t28-/m1/s1. The van der Waals surface area contributed by atoms with Crippen molar-refractivity contribution < 1.29 is 32.2 Å². The molecule has 1 saturated carbocycles. The molecule has 0 aromatic heterocycles. The van der Waals surface area contributed by atoms with Crippen LogP contribution in [0.2, 0.25) is 10.0 Å². The van der Waals surface area contributed by atoms with E-state index >= 15 is 0 Å². The van der Waals surface area contributed by atoms with E-state index < -0.39 is 28.5 Å². The first-order valence-corrected chi connectivity index (χ1v) is 17.6.